The predicted molar refractivity (Wildman–Crippen MR) is 136 cm³/mol. The molecular formula is C27H37N3O5. The van der Waals surface area contributed by atoms with Gasteiger partial charge >= 0.3 is 0 Å². The smallest absolute Gasteiger partial charge is 0.257 e. The number of methoxy groups -OCH3 is 2. The Bertz CT molecular complexity index is 984. The summed E-state index contributed by atoms with van der Waals surface area (Å²) in [4.78, 5) is 29.5. The molecule has 0 bridgehead atoms. The second-order valence-electron chi connectivity index (χ2n) is 9.20. The van der Waals surface area contributed by atoms with E-state index in [0.717, 1.165) is 13.1 Å². The van der Waals surface area contributed by atoms with Gasteiger partial charge in [0.05, 0.1) is 11.7 Å². The zero-order valence-corrected chi connectivity index (χ0v) is 21.3. The lowest BCUT2D eigenvalue weighted by Gasteiger charge is -2.36. The first-order valence-electron chi connectivity index (χ1n) is 11.9. The number of likely N-dealkylation sites (N-methyl/N-ethyl adjacent to an activating group) is 1. The van der Waals surface area contributed by atoms with Crippen molar-refractivity contribution in [2.24, 2.45) is 5.92 Å². The third-order valence-corrected chi connectivity index (χ3v) is 6.36. The highest BCUT2D eigenvalue weighted by Crippen LogP contribution is 2.27. The van der Waals surface area contributed by atoms with E-state index in [0.29, 0.717) is 30.2 Å². The van der Waals surface area contributed by atoms with Crippen molar-refractivity contribution in [3.05, 3.63) is 59.7 Å². The number of carbonyl (C=O) groups is 2. The molecule has 1 aliphatic heterocycles. The molecule has 2 amide bonds. The molecule has 0 spiro atoms. The first-order chi connectivity index (χ1) is 16.8. The van der Waals surface area contributed by atoms with Gasteiger partial charge in [-0.05, 0) is 36.6 Å². The number of anilines is 1. The zero-order chi connectivity index (χ0) is 25.4. The Morgan fingerprint density at radius 3 is 2.54 bits per heavy atom. The summed E-state index contributed by atoms with van der Waals surface area (Å²) in [5.41, 5.74) is 2.14. The fourth-order valence-electron chi connectivity index (χ4n) is 4.30. The quantitative estimate of drug-likeness (QED) is 0.679. The maximum absolute atomic E-state index is 13.4. The molecule has 0 saturated heterocycles. The highest BCUT2D eigenvalue weighted by atomic mass is 16.5. The second kappa shape index (κ2) is 12.7. The number of hydrogen-bond donors (Lipinski definition) is 1. The SMILES string of the molecule is COCC(=O)Nc1ccc2c(c1)C(=O)N(C)C[C@@H](OC)[C@@H](C)CN(Cc1ccccc1)[C@@H](C)CO2. The first kappa shape index (κ1) is 26.7. The summed E-state index contributed by atoms with van der Waals surface area (Å²) >= 11 is 0. The monoisotopic (exact) mass is 483 g/mol. The van der Waals surface area contributed by atoms with Crippen LogP contribution in [0.1, 0.15) is 29.8 Å². The Morgan fingerprint density at radius 1 is 1.11 bits per heavy atom. The van der Waals surface area contributed by atoms with E-state index in [1.807, 2.05) is 18.2 Å². The van der Waals surface area contributed by atoms with Crippen molar-refractivity contribution >= 4 is 17.5 Å². The number of fused-ring (bicyclic) bond motifs is 1. The van der Waals surface area contributed by atoms with E-state index in [9.17, 15) is 9.59 Å². The van der Waals surface area contributed by atoms with Crippen LogP contribution in [0.2, 0.25) is 0 Å². The Hall–Kier alpha value is -2.94. The third-order valence-electron chi connectivity index (χ3n) is 6.36. The fraction of sp³-hybridized carbons (Fsp3) is 0.481. The van der Waals surface area contributed by atoms with Crippen molar-refractivity contribution in [1.29, 1.82) is 0 Å². The molecule has 3 atom stereocenters. The maximum Gasteiger partial charge on any atom is 0.257 e. The average molecular weight is 484 g/mol. The number of benzene rings is 2. The van der Waals surface area contributed by atoms with Gasteiger partial charge in [-0.3, -0.25) is 14.5 Å². The van der Waals surface area contributed by atoms with Crippen LogP contribution in [-0.2, 0) is 20.8 Å². The summed E-state index contributed by atoms with van der Waals surface area (Å²) in [6, 6.07) is 15.6. The van der Waals surface area contributed by atoms with E-state index in [-0.39, 0.29) is 36.5 Å². The molecule has 35 heavy (non-hydrogen) atoms. The van der Waals surface area contributed by atoms with Gasteiger partial charge in [0, 0.05) is 52.6 Å². The summed E-state index contributed by atoms with van der Waals surface area (Å²) in [6.07, 6.45) is -0.136. The minimum absolute atomic E-state index is 0.0659. The van der Waals surface area contributed by atoms with Gasteiger partial charge in [-0.1, -0.05) is 37.3 Å². The number of ether oxygens (including phenoxy) is 3. The van der Waals surface area contributed by atoms with E-state index in [4.69, 9.17) is 14.2 Å². The normalized spacial score (nSPS) is 21.9. The van der Waals surface area contributed by atoms with E-state index >= 15 is 0 Å². The number of carbonyl (C=O) groups excluding carboxylic acids is 2. The molecule has 190 valence electrons. The number of nitrogens with zero attached hydrogens (tertiary/aromatic N) is 2. The van der Waals surface area contributed by atoms with Crippen molar-refractivity contribution in [2.75, 3.05) is 52.9 Å². The first-order valence-corrected chi connectivity index (χ1v) is 11.9. The predicted octanol–water partition coefficient (Wildman–Crippen LogP) is 3.28. The Labute approximate surface area is 208 Å². The van der Waals surface area contributed by atoms with Crippen molar-refractivity contribution < 1.29 is 23.8 Å². The highest BCUT2D eigenvalue weighted by Gasteiger charge is 2.28. The molecular weight excluding hydrogens is 446 g/mol. The summed E-state index contributed by atoms with van der Waals surface area (Å²) in [5.74, 6) is 0.188. The molecule has 0 aromatic heterocycles. The maximum atomic E-state index is 13.4. The Kier molecular flexibility index (Phi) is 9.65. The van der Waals surface area contributed by atoms with Gasteiger partial charge in [-0.25, -0.2) is 0 Å². The largest absolute Gasteiger partial charge is 0.491 e. The van der Waals surface area contributed by atoms with Crippen molar-refractivity contribution in [3.63, 3.8) is 0 Å². The van der Waals surface area contributed by atoms with Gasteiger partial charge in [0.15, 0.2) is 0 Å². The summed E-state index contributed by atoms with van der Waals surface area (Å²) in [5, 5.41) is 2.76. The lowest BCUT2D eigenvalue weighted by atomic mass is 10.0. The topological polar surface area (TPSA) is 80.3 Å². The van der Waals surface area contributed by atoms with Crippen LogP contribution < -0.4 is 10.1 Å². The Balaban J connectivity index is 1.92. The van der Waals surface area contributed by atoms with E-state index < -0.39 is 0 Å². The second-order valence-corrected chi connectivity index (χ2v) is 9.20. The van der Waals surface area contributed by atoms with Gasteiger partial charge in [0.1, 0.15) is 19.0 Å². The summed E-state index contributed by atoms with van der Waals surface area (Å²) in [7, 11) is 4.91. The van der Waals surface area contributed by atoms with E-state index in [2.05, 4.69) is 36.2 Å². The lowest BCUT2D eigenvalue weighted by Crippen LogP contribution is -2.46. The van der Waals surface area contributed by atoms with E-state index in [1.54, 1.807) is 37.3 Å². The molecule has 1 aliphatic rings. The molecule has 0 radical (unpaired) electrons. The van der Waals surface area contributed by atoms with Crippen molar-refractivity contribution in [2.45, 2.75) is 32.5 Å². The third kappa shape index (κ3) is 7.27. The van der Waals surface area contributed by atoms with Crippen molar-refractivity contribution in [1.82, 2.24) is 9.80 Å². The molecule has 0 saturated carbocycles. The number of nitrogens with one attached hydrogen (secondary N) is 1. The molecule has 2 aromatic rings. The number of rotatable bonds is 6. The van der Waals surface area contributed by atoms with Crippen LogP contribution in [0, 0.1) is 5.92 Å². The molecule has 1 N–H and O–H groups in total. The minimum Gasteiger partial charge on any atom is -0.491 e. The van der Waals surface area contributed by atoms with Crippen LogP contribution in [0.4, 0.5) is 5.69 Å². The van der Waals surface area contributed by atoms with Gasteiger partial charge < -0.3 is 24.4 Å². The zero-order valence-electron chi connectivity index (χ0n) is 21.3. The summed E-state index contributed by atoms with van der Waals surface area (Å²) in [6.45, 7) is 6.66. The summed E-state index contributed by atoms with van der Waals surface area (Å²) < 4.78 is 16.9. The van der Waals surface area contributed by atoms with Crippen LogP contribution in [0.3, 0.4) is 0 Å². The molecule has 3 rings (SSSR count). The Morgan fingerprint density at radius 2 is 1.86 bits per heavy atom. The minimum atomic E-state index is -0.291. The van der Waals surface area contributed by atoms with E-state index in [1.165, 1.54) is 12.7 Å². The number of hydrogen-bond acceptors (Lipinski definition) is 6. The molecule has 1 heterocycles. The van der Waals surface area contributed by atoms with Gasteiger partial charge in [0.25, 0.3) is 5.91 Å². The lowest BCUT2D eigenvalue weighted by molar-refractivity contribution is -0.119. The molecule has 8 nitrogen and oxygen atoms in total. The van der Waals surface area contributed by atoms with Crippen molar-refractivity contribution in [3.8, 4) is 5.75 Å². The van der Waals surface area contributed by atoms with Crippen LogP contribution in [0.25, 0.3) is 0 Å². The van der Waals surface area contributed by atoms with Crippen LogP contribution in [0.15, 0.2) is 48.5 Å². The molecule has 0 aliphatic carbocycles. The molecule has 0 fully saturated rings. The van der Waals surface area contributed by atoms with Gasteiger partial charge in [-0.2, -0.15) is 0 Å². The average Bonchev–Trinajstić information content (AvgIpc) is 2.85. The van der Waals surface area contributed by atoms with Gasteiger partial charge in [0.2, 0.25) is 5.91 Å². The van der Waals surface area contributed by atoms with Crippen LogP contribution in [0.5, 0.6) is 5.75 Å². The molecule has 0 unspecified atom stereocenters. The van der Waals surface area contributed by atoms with Crippen LogP contribution >= 0.6 is 0 Å². The number of amides is 2. The fourth-order valence-corrected chi connectivity index (χ4v) is 4.30. The highest BCUT2D eigenvalue weighted by molar-refractivity contribution is 5.99. The molecule has 2 aromatic carbocycles. The standard InChI is InChI=1S/C27H37N3O5/c1-19-14-30(15-21-9-7-6-8-10-21)20(2)17-35-24-12-11-22(28-26(31)18-33-4)13-23(24)27(32)29(3)16-25(19)34-5/h6-13,19-20,25H,14-18H2,1-5H3,(H,28,31)/t19-,20-,25+/m0/s1. The molecule has 8 heteroatoms. The van der Waals surface area contributed by atoms with Gasteiger partial charge in [-0.15, -0.1) is 0 Å². The van der Waals surface area contributed by atoms with Crippen LogP contribution in [-0.4, -0.2) is 81.3 Å².